The molecule has 1 aromatic rings. The Kier molecular flexibility index (Phi) is 3.23. The van der Waals surface area contributed by atoms with Gasteiger partial charge in [0.2, 0.25) is 0 Å². The third-order valence-corrected chi connectivity index (χ3v) is 5.28. The number of hydrogen-bond donors (Lipinski definition) is 0. The molecule has 0 N–H and O–H groups in total. The fraction of sp³-hybridized carbons (Fsp3) is 0.500. The van der Waals surface area contributed by atoms with Crippen LogP contribution in [0.1, 0.15) is 39.2 Å². The van der Waals surface area contributed by atoms with Crippen LogP contribution in [-0.2, 0) is 4.79 Å². The molecule has 1 aliphatic rings. The van der Waals surface area contributed by atoms with Crippen molar-refractivity contribution in [1.82, 2.24) is 0 Å². The van der Waals surface area contributed by atoms with Gasteiger partial charge in [-0.1, -0.05) is 57.5 Å². The molecule has 2 rings (SSSR count). The lowest BCUT2D eigenvalue weighted by Crippen LogP contribution is -2.17. The Morgan fingerprint density at radius 1 is 1.26 bits per heavy atom. The second-order valence-corrected chi connectivity index (χ2v) is 6.77. The van der Waals surface area contributed by atoms with E-state index in [1.807, 2.05) is 6.07 Å². The average molecular weight is 276 g/mol. The van der Waals surface area contributed by atoms with Crippen molar-refractivity contribution in [3.05, 3.63) is 34.9 Å². The number of carbonyl (C=O) groups excluding carboxylic acids is 1. The van der Waals surface area contributed by atoms with Crippen LogP contribution < -0.4 is 0 Å². The first-order valence-electron chi connectivity index (χ1n) is 6.43. The second-order valence-electron chi connectivity index (χ2n) is 6.36. The van der Waals surface area contributed by atoms with E-state index in [9.17, 15) is 10.1 Å². The molecule has 0 aliphatic heterocycles. The first-order chi connectivity index (χ1) is 8.75. The summed E-state index contributed by atoms with van der Waals surface area (Å²) in [5.74, 6) is -0.855. The van der Waals surface area contributed by atoms with Gasteiger partial charge in [0.25, 0.3) is 0 Å². The molecule has 1 unspecified atom stereocenters. The van der Waals surface area contributed by atoms with Crippen LogP contribution in [-0.4, -0.2) is 5.78 Å². The van der Waals surface area contributed by atoms with Crippen LogP contribution in [0, 0.1) is 28.1 Å². The van der Waals surface area contributed by atoms with Gasteiger partial charge in [0.05, 0.1) is 6.07 Å². The lowest BCUT2D eigenvalue weighted by Gasteiger charge is -2.11. The topological polar surface area (TPSA) is 40.9 Å². The van der Waals surface area contributed by atoms with Crippen LogP contribution in [0.5, 0.6) is 0 Å². The number of nitriles is 1. The van der Waals surface area contributed by atoms with Crippen molar-refractivity contribution in [2.24, 2.45) is 16.7 Å². The van der Waals surface area contributed by atoms with Gasteiger partial charge in [-0.2, -0.15) is 5.26 Å². The van der Waals surface area contributed by atoms with Gasteiger partial charge in [-0.25, -0.2) is 0 Å². The van der Waals surface area contributed by atoms with Crippen molar-refractivity contribution < 1.29 is 4.79 Å². The van der Waals surface area contributed by atoms with Gasteiger partial charge in [-0.15, -0.1) is 0 Å². The molecule has 1 fully saturated rings. The first-order valence-corrected chi connectivity index (χ1v) is 6.80. The quantitative estimate of drug-likeness (QED) is 0.829. The first kappa shape index (κ1) is 14.1. The standard InChI is InChI=1S/C16H18ClNO/c1-15(2)14(16(15,3)4)13(19)11(9-18)10-7-5-6-8-12(10)17/h5-8,11,14H,1-4H3. The summed E-state index contributed by atoms with van der Waals surface area (Å²) < 4.78 is 0. The molecule has 100 valence electrons. The molecular weight excluding hydrogens is 258 g/mol. The minimum absolute atomic E-state index is 0.00870. The Morgan fingerprint density at radius 2 is 1.79 bits per heavy atom. The predicted octanol–water partition coefficient (Wildman–Crippen LogP) is 4.20. The summed E-state index contributed by atoms with van der Waals surface area (Å²) in [6.07, 6.45) is 0. The molecule has 19 heavy (non-hydrogen) atoms. The Morgan fingerprint density at radius 3 is 2.21 bits per heavy atom. The van der Waals surface area contributed by atoms with Gasteiger partial charge >= 0.3 is 0 Å². The van der Waals surface area contributed by atoms with E-state index >= 15 is 0 Å². The monoisotopic (exact) mass is 275 g/mol. The molecule has 0 aromatic heterocycles. The summed E-state index contributed by atoms with van der Waals surface area (Å²) in [4.78, 5) is 12.6. The van der Waals surface area contributed by atoms with E-state index in [1.165, 1.54) is 0 Å². The highest BCUT2D eigenvalue weighted by Gasteiger charge is 2.68. The van der Waals surface area contributed by atoms with Crippen LogP contribution in [0.15, 0.2) is 24.3 Å². The maximum atomic E-state index is 12.6. The average Bonchev–Trinajstić information content (AvgIpc) is 2.73. The van der Waals surface area contributed by atoms with Crippen LogP contribution in [0.25, 0.3) is 0 Å². The molecule has 0 amide bonds. The van der Waals surface area contributed by atoms with Gasteiger partial charge in [0, 0.05) is 10.9 Å². The SMILES string of the molecule is CC1(C)C(C(=O)C(C#N)c2ccccc2Cl)C1(C)C. The molecule has 1 saturated carbocycles. The number of halogens is 1. The van der Waals surface area contributed by atoms with Crippen LogP contribution in [0.3, 0.4) is 0 Å². The third kappa shape index (κ3) is 1.97. The lowest BCUT2D eigenvalue weighted by atomic mass is 9.90. The summed E-state index contributed by atoms with van der Waals surface area (Å²) in [5, 5.41) is 9.85. The highest BCUT2D eigenvalue weighted by atomic mass is 35.5. The fourth-order valence-electron chi connectivity index (χ4n) is 3.07. The van der Waals surface area contributed by atoms with Gasteiger partial charge < -0.3 is 0 Å². The molecule has 1 aliphatic carbocycles. The lowest BCUT2D eigenvalue weighted by molar-refractivity contribution is -0.121. The summed E-state index contributed by atoms with van der Waals surface area (Å²) in [6.45, 7) is 8.32. The molecular formula is C16H18ClNO. The Bertz CT molecular complexity index is 554. The highest BCUT2D eigenvalue weighted by molar-refractivity contribution is 6.31. The van der Waals surface area contributed by atoms with Crippen LogP contribution >= 0.6 is 11.6 Å². The van der Waals surface area contributed by atoms with Gasteiger partial charge in [0.1, 0.15) is 5.92 Å². The summed E-state index contributed by atoms with van der Waals surface area (Å²) in [7, 11) is 0. The Labute approximate surface area is 119 Å². The van der Waals surface area contributed by atoms with E-state index in [0.717, 1.165) is 0 Å². The minimum Gasteiger partial charge on any atom is -0.297 e. The molecule has 0 saturated heterocycles. The van der Waals surface area contributed by atoms with E-state index < -0.39 is 5.92 Å². The number of benzene rings is 1. The normalized spacial score (nSPS) is 21.5. The van der Waals surface area contributed by atoms with E-state index in [-0.39, 0.29) is 22.5 Å². The zero-order valence-corrected chi connectivity index (χ0v) is 12.5. The number of hydrogen-bond acceptors (Lipinski definition) is 2. The Hall–Kier alpha value is -1.33. The molecule has 0 bridgehead atoms. The Balaban J connectivity index is 2.34. The zero-order valence-electron chi connectivity index (χ0n) is 11.7. The zero-order chi connectivity index (χ0) is 14.4. The van der Waals surface area contributed by atoms with Crippen molar-refractivity contribution >= 4 is 17.4 Å². The smallest absolute Gasteiger partial charge is 0.158 e. The third-order valence-electron chi connectivity index (χ3n) is 4.94. The van der Waals surface area contributed by atoms with Crippen molar-refractivity contribution in [1.29, 1.82) is 5.26 Å². The molecule has 0 spiro atoms. The molecule has 1 atom stereocenters. The molecule has 3 heteroatoms. The van der Waals surface area contributed by atoms with Crippen LogP contribution in [0.4, 0.5) is 0 Å². The maximum absolute atomic E-state index is 12.6. The minimum atomic E-state index is -0.764. The predicted molar refractivity (Wildman–Crippen MR) is 75.9 cm³/mol. The summed E-state index contributed by atoms with van der Waals surface area (Å²) in [5.41, 5.74) is 0.510. The number of carbonyl (C=O) groups is 1. The van der Waals surface area contributed by atoms with Crippen molar-refractivity contribution in [3.63, 3.8) is 0 Å². The fourth-order valence-corrected chi connectivity index (χ4v) is 3.31. The van der Waals surface area contributed by atoms with Gasteiger partial charge in [-0.05, 0) is 22.5 Å². The van der Waals surface area contributed by atoms with E-state index in [4.69, 9.17) is 11.6 Å². The van der Waals surface area contributed by atoms with E-state index in [2.05, 4.69) is 33.8 Å². The summed E-state index contributed by atoms with van der Waals surface area (Å²) in [6, 6.07) is 9.21. The maximum Gasteiger partial charge on any atom is 0.158 e. The number of Topliss-reactive ketones (excluding diaryl/α,β-unsaturated/α-hetero) is 1. The van der Waals surface area contributed by atoms with Crippen molar-refractivity contribution in [3.8, 4) is 6.07 Å². The molecule has 2 nitrogen and oxygen atoms in total. The number of nitrogens with zero attached hydrogens (tertiary/aromatic N) is 1. The van der Waals surface area contributed by atoms with E-state index in [1.54, 1.807) is 18.2 Å². The van der Waals surface area contributed by atoms with E-state index in [0.29, 0.717) is 10.6 Å². The second kappa shape index (κ2) is 4.35. The number of rotatable bonds is 3. The van der Waals surface area contributed by atoms with Crippen molar-refractivity contribution in [2.75, 3.05) is 0 Å². The molecule has 0 heterocycles. The highest BCUT2D eigenvalue weighted by Crippen LogP contribution is 2.69. The van der Waals surface area contributed by atoms with Gasteiger partial charge in [0.15, 0.2) is 5.78 Å². The largest absolute Gasteiger partial charge is 0.297 e. The van der Waals surface area contributed by atoms with Gasteiger partial charge in [-0.3, -0.25) is 4.79 Å². The summed E-state index contributed by atoms with van der Waals surface area (Å²) >= 11 is 6.11. The molecule has 0 radical (unpaired) electrons. The van der Waals surface area contributed by atoms with Crippen LogP contribution in [0.2, 0.25) is 5.02 Å². The molecule has 1 aromatic carbocycles. The van der Waals surface area contributed by atoms with Crippen molar-refractivity contribution in [2.45, 2.75) is 33.6 Å². The number of ketones is 1.